The van der Waals surface area contributed by atoms with E-state index in [4.69, 9.17) is 14.2 Å². The molecule has 2 aliphatic heterocycles. The number of halogens is 2. The highest BCUT2D eigenvalue weighted by Crippen LogP contribution is 2.61. The van der Waals surface area contributed by atoms with Gasteiger partial charge in [0.1, 0.15) is 17.0 Å². The number of esters is 1. The Morgan fingerprint density at radius 1 is 1.10 bits per heavy atom. The molecular formula is C44H56Br2N2O10. The summed E-state index contributed by atoms with van der Waals surface area (Å²) >= 11 is 6.79. The predicted octanol–water partition coefficient (Wildman–Crippen LogP) is 8.02. The Balaban J connectivity index is 1.21. The van der Waals surface area contributed by atoms with E-state index in [0.717, 1.165) is 32.1 Å². The Labute approximate surface area is 356 Å². The van der Waals surface area contributed by atoms with Gasteiger partial charge in [-0.1, -0.05) is 57.6 Å². The van der Waals surface area contributed by atoms with Crippen molar-refractivity contribution in [3.63, 3.8) is 0 Å². The van der Waals surface area contributed by atoms with Crippen molar-refractivity contribution in [3.8, 4) is 0 Å². The van der Waals surface area contributed by atoms with Crippen LogP contribution in [0.2, 0.25) is 0 Å². The van der Waals surface area contributed by atoms with Gasteiger partial charge in [-0.3, -0.25) is 9.59 Å². The van der Waals surface area contributed by atoms with Crippen LogP contribution in [-0.2, 0) is 28.6 Å². The standard InChI is InChI=1S/C44H56Br2N2O10/c1-6-24-19-44-38(51)32(41(55)58-44)37(50)43(7-2)25(12-10-8-9-11-17-42(44,5)20-27(24)40(53)54)14-15-26-28(43)16-13-22(3)36(26)57-31-18-30(49)34(23(4)56-31)48-39(52)35-33(46)29(45)21-47-35/h11,14-15,17,20-26,28,30-31,34,36,47,49-50H,6-10,12-13,16,18-19H2,1-5H3,(H,48,52)(H,53,54)/b17-11-,37-32?/t22-,23+,24-,25+,26+,28-,30+,31-,34+,36-,42-,43+,44+/m0/s1. The lowest BCUT2D eigenvalue weighted by Crippen LogP contribution is -2.58. The molecule has 0 aromatic carbocycles. The maximum atomic E-state index is 15.1. The number of H-pyrrole nitrogens is 1. The van der Waals surface area contributed by atoms with Crippen LogP contribution in [0.3, 0.4) is 0 Å². The van der Waals surface area contributed by atoms with Crippen molar-refractivity contribution in [2.45, 2.75) is 135 Å². The number of carbonyl (C=O) groups is 4. The van der Waals surface area contributed by atoms with Crippen LogP contribution in [0.4, 0.5) is 0 Å². The van der Waals surface area contributed by atoms with Crippen molar-refractivity contribution in [1.82, 2.24) is 10.3 Å². The van der Waals surface area contributed by atoms with Gasteiger partial charge in [0.05, 0.1) is 38.7 Å². The third kappa shape index (κ3) is 7.00. The number of carboxylic acid groups (broad SMARTS) is 1. The lowest BCUT2D eigenvalue weighted by atomic mass is 9.50. The molecule has 1 spiro atoms. The number of hydrogen-bond donors (Lipinski definition) is 5. The number of rotatable bonds is 7. The van der Waals surface area contributed by atoms with Gasteiger partial charge in [0.15, 0.2) is 11.9 Å². The minimum atomic E-state index is -1.71. The Morgan fingerprint density at radius 2 is 1.86 bits per heavy atom. The SMILES string of the molecule is CC[C@H]1C[C@]23OC(=O)C(=C(O)[C@]4(CC)[C@@H](C=C[C@H]5[C@@H](O[C@H]6C[C@@H](O)[C@H](NC(=O)c7[nH]cc(Br)c7Br)[C@@H](C)O6)[C@@H](C)CC[C@@H]54)CCCC/C=C\[C@@]2(C)C=C1C(=O)O)C3=O. The van der Waals surface area contributed by atoms with Gasteiger partial charge in [0.2, 0.25) is 5.78 Å². The number of aliphatic carboxylic acids is 1. The third-order valence-electron chi connectivity index (χ3n) is 14.5. The van der Waals surface area contributed by atoms with Crippen molar-refractivity contribution >= 4 is 55.5 Å². The normalized spacial score (nSPS) is 40.8. The van der Waals surface area contributed by atoms with Crippen molar-refractivity contribution in [1.29, 1.82) is 0 Å². The van der Waals surface area contributed by atoms with Crippen molar-refractivity contribution in [2.75, 3.05) is 0 Å². The van der Waals surface area contributed by atoms with E-state index in [1.54, 1.807) is 26.1 Å². The molecule has 0 unspecified atom stereocenters. The fourth-order valence-corrected chi connectivity index (χ4v) is 12.0. The molecule has 0 radical (unpaired) electrons. The fraction of sp³-hybridized carbons (Fsp3) is 0.636. The zero-order chi connectivity index (χ0) is 41.9. The van der Waals surface area contributed by atoms with E-state index in [-0.39, 0.29) is 65.4 Å². The monoisotopic (exact) mass is 930 g/mol. The molecule has 58 heavy (non-hydrogen) atoms. The van der Waals surface area contributed by atoms with Gasteiger partial charge in [-0.05, 0) is 114 Å². The van der Waals surface area contributed by atoms with Gasteiger partial charge in [-0.2, -0.15) is 0 Å². The first-order chi connectivity index (χ1) is 27.5. The Bertz CT molecular complexity index is 1940. The van der Waals surface area contributed by atoms with Gasteiger partial charge in [0.25, 0.3) is 5.91 Å². The predicted molar refractivity (Wildman–Crippen MR) is 221 cm³/mol. The van der Waals surface area contributed by atoms with E-state index in [0.29, 0.717) is 33.9 Å². The van der Waals surface area contributed by atoms with Gasteiger partial charge in [-0.15, -0.1) is 0 Å². The zero-order valence-electron chi connectivity index (χ0n) is 33.8. The number of hydrogen-bond acceptors (Lipinski definition) is 9. The number of aromatic nitrogens is 1. The number of aliphatic hydroxyl groups excluding tert-OH is 2. The molecule has 1 aromatic heterocycles. The van der Waals surface area contributed by atoms with Crippen LogP contribution in [0.15, 0.2) is 62.4 Å². The number of ketones is 1. The van der Waals surface area contributed by atoms with E-state index in [9.17, 15) is 29.7 Å². The first-order valence-electron chi connectivity index (χ1n) is 20.9. The number of fused-ring (bicyclic) bond motifs is 4. The summed E-state index contributed by atoms with van der Waals surface area (Å²) < 4.78 is 20.7. The summed E-state index contributed by atoms with van der Waals surface area (Å²) in [5, 5.41) is 37.3. The summed E-state index contributed by atoms with van der Waals surface area (Å²) in [4.78, 5) is 57.8. The topological polar surface area (TPSA) is 184 Å². The van der Waals surface area contributed by atoms with E-state index in [2.05, 4.69) is 61.2 Å². The average molecular weight is 933 g/mol. The van der Waals surface area contributed by atoms with E-state index in [1.807, 2.05) is 26.0 Å². The molecule has 14 heteroatoms. The lowest BCUT2D eigenvalue weighted by Gasteiger charge is -2.55. The Morgan fingerprint density at radius 3 is 2.52 bits per heavy atom. The van der Waals surface area contributed by atoms with E-state index >= 15 is 4.79 Å². The number of carbonyl (C=O) groups excluding carboxylic acids is 3. The van der Waals surface area contributed by atoms with Crippen LogP contribution in [-0.4, -0.2) is 80.2 Å². The highest BCUT2D eigenvalue weighted by atomic mass is 79.9. The second kappa shape index (κ2) is 16.4. The molecule has 5 N–H and O–H groups in total. The quantitative estimate of drug-likeness (QED) is 0.102. The average Bonchev–Trinajstić information content (AvgIpc) is 3.65. The van der Waals surface area contributed by atoms with Crippen molar-refractivity contribution in [2.24, 2.45) is 40.4 Å². The largest absolute Gasteiger partial charge is 0.511 e. The van der Waals surface area contributed by atoms with Gasteiger partial charge >= 0.3 is 11.9 Å². The molecule has 1 amide bonds. The van der Waals surface area contributed by atoms with Crippen LogP contribution in [0.25, 0.3) is 0 Å². The highest BCUT2D eigenvalue weighted by molar-refractivity contribution is 9.13. The Kier molecular flexibility index (Phi) is 12.2. The molecular weight excluding hydrogens is 876 g/mol. The van der Waals surface area contributed by atoms with Gasteiger partial charge < -0.3 is 39.8 Å². The second-order valence-corrected chi connectivity index (χ2v) is 19.2. The minimum absolute atomic E-state index is 0.00323. The molecule has 3 heterocycles. The molecule has 7 rings (SSSR count). The Hall–Kier alpha value is -3.04. The van der Waals surface area contributed by atoms with Crippen molar-refractivity contribution in [3.05, 3.63) is 68.1 Å². The van der Waals surface area contributed by atoms with Crippen LogP contribution in [0.1, 0.15) is 109 Å². The molecule has 316 valence electrons. The first-order valence-corrected chi connectivity index (χ1v) is 22.5. The van der Waals surface area contributed by atoms with Crippen LogP contribution in [0.5, 0.6) is 0 Å². The number of Topliss-reactive ketones (excluding diaryl/α,β-unsaturated/α-hetero) is 1. The summed E-state index contributed by atoms with van der Waals surface area (Å²) in [6, 6.07) is -0.687. The highest BCUT2D eigenvalue weighted by Gasteiger charge is 2.67. The molecule has 2 saturated heterocycles. The molecule has 1 saturated carbocycles. The number of nitrogens with one attached hydrogen (secondary N) is 2. The fourth-order valence-electron chi connectivity index (χ4n) is 11.3. The van der Waals surface area contributed by atoms with E-state index in [1.165, 1.54) is 0 Å². The molecule has 4 aliphatic carbocycles. The van der Waals surface area contributed by atoms with E-state index < -0.39 is 64.6 Å². The minimum Gasteiger partial charge on any atom is -0.511 e. The number of aliphatic hydroxyl groups is 2. The lowest BCUT2D eigenvalue weighted by molar-refractivity contribution is -0.258. The van der Waals surface area contributed by atoms with Crippen LogP contribution < -0.4 is 5.32 Å². The maximum absolute atomic E-state index is 15.1. The molecule has 1 aromatic rings. The number of amides is 1. The van der Waals surface area contributed by atoms with Crippen molar-refractivity contribution < 1.29 is 48.7 Å². The molecule has 3 fully saturated rings. The number of ether oxygens (including phenoxy) is 3. The summed E-state index contributed by atoms with van der Waals surface area (Å²) in [5.74, 6) is -4.20. The number of carboxylic acids is 1. The third-order valence-corrected chi connectivity index (χ3v) is 16.5. The molecule has 6 aliphatic rings. The maximum Gasteiger partial charge on any atom is 0.346 e. The van der Waals surface area contributed by atoms with Gasteiger partial charge in [-0.25, -0.2) is 9.59 Å². The molecule has 13 atom stereocenters. The molecule has 12 nitrogen and oxygen atoms in total. The number of allylic oxidation sites excluding steroid dienone is 3. The van der Waals surface area contributed by atoms with Crippen LogP contribution >= 0.6 is 31.9 Å². The summed E-state index contributed by atoms with van der Waals surface area (Å²) in [7, 11) is 0. The summed E-state index contributed by atoms with van der Waals surface area (Å²) in [6.07, 6.45) is 14.3. The summed E-state index contributed by atoms with van der Waals surface area (Å²) in [5.41, 5.74) is -3.75. The van der Waals surface area contributed by atoms with Gasteiger partial charge in [0, 0.05) is 35.9 Å². The van der Waals surface area contributed by atoms with Crippen LogP contribution in [0, 0.1) is 40.4 Å². The molecule has 2 bridgehead atoms. The second-order valence-electron chi connectivity index (χ2n) is 17.6. The first kappa shape index (κ1) is 43.1. The zero-order valence-corrected chi connectivity index (χ0v) is 36.9. The number of aromatic amines is 1. The smallest absolute Gasteiger partial charge is 0.346 e. The summed E-state index contributed by atoms with van der Waals surface area (Å²) in [6.45, 7) is 9.55.